The molecule has 0 spiro atoms. The van der Waals surface area contributed by atoms with E-state index in [1.807, 2.05) is 38.1 Å². The van der Waals surface area contributed by atoms with E-state index in [2.05, 4.69) is 0 Å². The number of benzene rings is 1. The van der Waals surface area contributed by atoms with Gasteiger partial charge in [0.2, 0.25) is 0 Å². The average molecular weight is 288 g/mol. The van der Waals surface area contributed by atoms with Crippen molar-refractivity contribution in [1.29, 1.82) is 0 Å². The first kappa shape index (κ1) is 16.9. The molecular formula is C15H22F2O3. The molecule has 0 saturated heterocycles. The van der Waals surface area contributed by atoms with Gasteiger partial charge in [0.25, 0.3) is 6.43 Å². The predicted molar refractivity (Wildman–Crippen MR) is 73.5 cm³/mol. The Labute approximate surface area is 118 Å². The van der Waals surface area contributed by atoms with E-state index in [0.717, 1.165) is 5.56 Å². The van der Waals surface area contributed by atoms with Crippen LogP contribution in [0.3, 0.4) is 0 Å². The molecule has 0 saturated carbocycles. The van der Waals surface area contributed by atoms with Gasteiger partial charge in [0.15, 0.2) is 0 Å². The van der Waals surface area contributed by atoms with Crippen LogP contribution in [0.5, 0.6) is 5.75 Å². The summed E-state index contributed by atoms with van der Waals surface area (Å²) in [6, 6.07) is 7.55. The first-order chi connectivity index (χ1) is 9.47. The van der Waals surface area contributed by atoms with Crippen molar-refractivity contribution in [1.82, 2.24) is 0 Å². The highest BCUT2D eigenvalue weighted by Crippen LogP contribution is 2.33. The maximum Gasteiger partial charge on any atom is 0.261 e. The number of alkyl halides is 2. The van der Waals surface area contributed by atoms with E-state index in [1.165, 1.54) is 0 Å². The lowest BCUT2D eigenvalue weighted by atomic mass is 9.81. The van der Waals surface area contributed by atoms with E-state index >= 15 is 0 Å². The number of halogens is 2. The van der Waals surface area contributed by atoms with Crippen LogP contribution in [-0.2, 0) is 10.2 Å². The molecule has 0 aliphatic carbocycles. The lowest BCUT2D eigenvalue weighted by Crippen LogP contribution is -2.21. The van der Waals surface area contributed by atoms with Crippen molar-refractivity contribution in [2.75, 3.05) is 26.4 Å². The zero-order valence-corrected chi connectivity index (χ0v) is 11.9. The van der Waals surface area contributed by atoms with Crippen molar-refractivity contribution >= 4 is 0 Å². The molecule has 1 N–H and O–H groups in total. The Kier molecular flexibility index (Phi) is 6.88. The molecule has 5 heteroatoms. The zero-order chi connectivity index (χ0) is 15.0. The number of para-hydroxylation sites is 1. The third-order valence-electron chi connectivity index (χ3n) is 3.08. The van der Waals surface area contributed by atoms with E-state index in [9.17, 15) is 8.78 Å². The molecule has 0 aliphatic rings. The van der Waals surface area contributed by atoms with Crippen LogP contribution in [-0.4, -0.2) is 38.0 Å². The number of hydrogen-bond acceptors (Lipinski definition) is 3. The zero-order valence-electron chi connectivity index (χ0n) is 11.9. The summed E-state index contributed by atoms with van der Waals surface area (Å²) in [7, 11) is 0. The molecule has 0 amide bonds. The Morgan fingerprint density at radius 1 is 1.20 bits per heavy atom. The van der Waals surface area contributed by atoms with E-state index in [0.29, 0.717) is 12.2 Å². The summed E-state index contributed by atoms with van der Waals surface area (Å²) in [5.74, 6) is 0.701. The van der Waals surface area contributed by atoms with Crippen LogP contribution < -0.4 is 4.74 Å². The molecule has 0 bridgehead atoms. The molecule has 0 aliphatic heterocycles. The molecule has 0 heterocycles. The van der Waals surface area contributed by atoms with Gasteiger partial charge in [0.05, 0.1) is 6.61 Å². The second-order valence-corrected chi connectivity index (χ2v) is 5.17. The van der Waals surface area contributed by atoms with Crippen LogP contribution >= 0.6 is 0 Å². The van der Waals surface area contributed by atoms with Gasteiger partial charge in [-0.3, -0.25) is 0 Å². The minimum atomic E-state index is -2.45. The molecule has 114 valence electrons. The number of hydrogen-bond donors (Lipinski definition) is 1. The first-order valence-electron chi connectivity index (χ1n) is 6.66. The molecule has 0 aromatic heterocycles. The Morgan fingerprint density at radius 2 is 1.90 bits per heavy atom. The summed E-state index contributed by atoms with van der Waals surface area (Å²) < 4.78 is 34.2. The third kappa shape index (κ3) is 5.43. The molecule has 1 aromatic carbocycles. The van der Waals surface area contributed by atoms with E-state index in [1.54, 1.807) is 0 Å². The lowest BCUT2D eigenvalue weighted by molar-refractivity contribution is 0.00746. The quantitative estimate of drug-likeness (QED) is 0.710. The van der Waals surface area contributed by atoms with Crippen molar-refractivity contribution in [3.05, 3.63) is 29.8 Å². The number of ether oxygens (including phenoxy) is 2. The largest absolute Gasteiger partial charge is 0.491 e. The Balaban J connectivity index is 2.57. The van der Waals surface area contributed by atoms with Crippen molar-refractivity contribution < 1.29 is 23.4 Å². The monoisotopic (exact) mass is 288 g/mol. The fourth-order valence-corrected chi connectivity index (χ4v) is 1.95. The summed E-state index contributed by atoms with van der Waals surface area (Å²) in [5, 5.41) is 9.12. The number of rotatable bonds is 9. The van der Waals surface area contributed by atoms with Crippen molar-refractivity contribution in [2.24, 2.45) is 0 Å². The van der Waals surface area contributed by atoms with Crippen molar-refractivity contribution in [3.63, 3.8) is 0 Å². The second-order valence-electron chi connectivity index (χ2n) is 5.17. The van der Waals surface area contributed by atoms with Crippen molar-refractivity contribution in [3.8, 4) is 5.75 Å². The van der Waals surface area contributed by atoms with E-state index < -0.39 is 13.0 Å². The highest BCUT2D eigenvalue weighted by atomic mass is 19.3. The normalized spacial score (nSPS) is 11.9. The van der Waals surface area contributed by atoms with Crippen LogP contribution in [0.4, 0.5) is 8.78 Å². The van der Waals surface area contributed by atoms with Crippen LogP contribution in [0.1, 0.15) is 25.8 Å². The smallest absolute Gasteiger partial charge is 0.261 e. The Hall–Kier alpha value is -1.20. The third-order valence-corrected chi connectivity index (χ3v) is 3.08. The maximum absolute atomic E-state index is 11.9. The molecular weight excluding hydrogens is 266 g/mol. The highest BCUT2D eigenvalue weighted by Gasteiger charge is 2.23. The molecule has 0 unspecified atom stereocenters. The SMILES string of the molecule is CC(C)(CCO)c1ccccc1OCCOCC(F)F. The standard InChI is InChI=1S/C15H22F2O3/c1-15(2,7-8-18)12-5-3-4-6-13(12)20-10-9-19-11-14(16)17/h3-6,14,18H,7-11H2,1-2H3. The summed E-state index contributed by atoms with van der Waals surface area (Å²) in [4.78, 5) is 0. The van der Waals surface area contributed by atoms with Gasteiger partial charge >= 0.3 is 0 Å². The number of aliphatic hydroxyl groups is 1. The molecule has 1 aromatic rings. The van der Waals surface area contributed by atoms with Crippen LogP contribution in [0.2, 0.25) is 0 Å². The molecule has 0 atom stereocenters. The summed E-state index contributed by atoms with van der Waals surface area (Å²) >= 11 is 0. The topological polar surface area (TPSA) is 38.7 Å². The Morgan fingerprint density at radius 3 is 2.55 bits per heavy atom. The fraction of sp³-hybridized carbons (Fsp3) is 0.600. The molecule has 3 nitrogen and oxygen atoms in total. The molecule has 20 heavy (non-hydrogen) atoms. The van der Waals surface area contributed by atoms with Gasteiger partial charge in [0, 0.05) is 6.61 Å². The minimum Gasteiger partial charge on any atom is -0.491 e. The van der Waals surface area contributed by atoms with E-state index in [4.69, 9.17) is 14.6 Å². The predicted octanol–water partition coefficient (Wildman–Crippen LogP) is 3.01. The van der Waals surface area contributed by atoms with Gasteiger partial charge in [-0.25, -0.2) is 8.78 Å². The molecule has 0 radical (unpaired) electrons. The van der Waals surface area contributed by atoms with Crippen LogP contribution in [0.15, 0.2) is 24.3 Å². The van der Waals surface area contributed by atoms with Gasteiger partial charge in [-0.05, 0) is 23.5 Å². The fourth-order valence-electron chi connectivity index (χ4n) is 1.95. The summed E-state index contributed by atoms with van der Waals surface area (Å²) in [6.45, 7) is 3.93. The van der Waals surface area contributed by atoms with Gasteiger partial charge in [-0.1, -0.05) is 32.0 Å². The average Bonchev–Trinajstić information content (AvgIpc) is 2.38. The number of aliphatic hydroxyl groups excluding tert-OH is 1. The summed E-state index contributed by atoms with van der Waals surface area (Å²) in [5.41, 5.74) is 0.776. The van der Waals surface area contributed by atoms with Crippen LogP contribution in [0, 0.1) is 0 Å². The summed E-state index contributed by atoms with van der Waals surface area (Å²) in [6.07, 6.45) is -1.83. The van der Waals surface area contributed by atoms with Gasteiger partial charge in [-0.15, -0.1) is 0 Å². The van der Waals surface area contributed by atoms with Gasteiger partial charge < -0.3 is 14.6 Å². The van der Waals surface area contributed by atoms with Crippen molar-refractivity contribution in [2.45, 2.75) is 32.1 Å². The van der Waals surface area contributed by atoms with E-state index in [-0.39, 0.29) is 25.2 Å². The second kappa shape index (κ2) is 8.17. The first-order valence-corrected chi connectivity index (χ1v) is 6.66. The van der Waals surface area contributed by atoms with Gasteiger partial charge in [-0.2, -0.15) is 0 Å². The lowest BCUT2D eigenvalue weighted by Gasteiger charge is -2.26. The highest BCUT2D eigenvalue weighted by molar-refractivity contribution is 5.38. The van der Waals surface area contributed by atoms with Gasteiger partial charge in [0.1, 0.15) is 19.0 Å². The van der Waals surface area contributed by atoms with Crippen LogP contribution in [0.25, 0.3) is 0 Å². The molecule has 0 fully saturated rings. The Bertz CT molecular complexity index is 394. The minimum absolute atomic E-state index is 0.0961. The maximum atomic E-state index is 11.9. The molecule has 1 rings (SSSR count).